The van der Waals surface area contributed by atoms with E-state index in [2.05, 4.69) is 21.4 Å². The lowest BCUT2D eigenvalue weighted by molar-refractivity contribution is 0.630. The molecule has 0 aliphatic rings. The molecule has 3 rings (SSSR count). The van der Waals surface area contributed by atoms with Crippen LogP contribution in [0.2, 0.25) is 0 Å². The van der Waals surface area contributed by atoms with E-state index in [1.54, 1.807) is 42.1 Å². The predicted octanol–water partition coefficient (Wildman–Crippen LogP) is 3.14. The van der Waals surface area contributed by atoms with E-state index in [0.717, 1.165) is 20.7 Å². The van der Waals surface area contributed by atoms with Crippen LogP contribution in [0.5, 0.6) is 0 Å². The van der Waals surface area contributed by atoms with Gasteiger partial charge in [0.25, 0.3) is 0 Å². The molecule has 0 saturated heterocycles. The molecule has 0 radical (unpaired) electrons. The molecule has 0 saturated carbocycles. The molecule has 2 aromatic heterocycles. The summed E-state index contributed by atoms with van der Waals surface area (Å²) in [6.45, 7) is 0. The smallest absolute Gasteiger partial charge is 0.124 e. The summed E-state index contributed by atoms with van der Waals surface area (Å²) in [5.41, 5.74) is 0.858. The van der Waals surface area contributed by atoms with Gasteiger partial charge < -0.3 is 5.32 Å². The molecule has 2 heterocycles. The molecule has 5 heteroatoms. The molecule has 3 nitrogen and oxygen atoms in total. The summed E-state index contributed by atoms with van der Waals surface area (Å²) in [4.78, 5) is 9.51. The van der Waals surface area contributed by atoms with E-state index in [1.807, 2.05) is 7.05 Å². The third kappa shape index (κ3) is 2.34. The molecule has 0 fully saturated rings. The molecule has 96 valence electrons. The maximum absolute atomic E-state index is 13.2. The monoisotopic (exact) mass is 273 g/mol. The molecule has 1 N–H and O–H groups in total. The second kappa shape index (κ2) is 5.03. The highest BCUT2D eigenvalue weighted by atomic mass is 32.1. The van der Waals surface area contributed by atoms with Crippen LogP contribution in [0.25, 0.3) is 10.1 Å². The van der Waals surface area contributed by atoms with Gasteiger partial charge in [-0.3, -0.25) is 9.97 Å². The normalized spacial score (nSPS) is 12.7. The van der Waals surface area contributed by atoms with Gasteiger partial charge in [-0.15, -0.1) is 11.3 Å². The van der Waals surface area contributed by atoms with E-state index < -0.39 is 0 Å². The maximum Gasteiger partial charge on any atom is 0.124 e. The van der Waals surface area contributed by atoms with Crippen molar-refractivity contribution < 1.29 is 4.39 Å². The van der Waals surface area contributed by atoms with Crippen molar-refractivity contribution in [2.45, 2.75) is 6.04 Å². The number of fused-ring (bicyclic) bond motifs is 1. The van der Waals surface area contributed by atoms with Crippen LogP contribution in [0.1, 0.15) is 16.6 Å². The van der Waals surface area contributed by atoms with E-state index >= 15 is 0 Å². The lowest BCUT2D eigenvalue weighted by Crippen LogP contribution is -2.17. The number of halogens is 1. The van der Waals surface area contributed by atoms with Crippen LogP contribution in [-0.2, 0) is 0 Å². The summed E-state index contributed by atoms with van der Waals surface area (Å²) >= 11 is 1.57. The van der Waals surface area contributed by atoms with Gasteiger partial charge in [0, 0.05) is 22.0 Å². The second-order valence-corrected chi connectivity index (χ2v) is 5.30. The zero-order valence-electron chi connectivity index (χ0n) is 10.3. The highest BCUT2D eigenvalue weighted by Crippen LogP contribution is 2.32. The number of thiophene rings is 1. The van der Waals surface area contributed by atoms with E-state index in [-0.39, 0.29) is 11.9 Å². The lowest BCUT2D eigenvalue weighted by atomic mass is 10.1. The quantitative estimate of drug-likeness (QED) is 0.796. The Bertz CT molecular complexity index is 696. The van der Waals surface area contributed by atoms with Crippen molar-refractivity contribution in [2.24, 2.45) is 0 Å². The van der Waals surface area contributed by atoms with E-state index in [4.69, 9.17) is 0 Å². The van der Waals surface area contributed by atoms with Crippen molar-refractivity contribution >= 4 is 21.4 Å². The summed E-state index contributed by atoms with van der Waals surface area (Å²) in [5.74, 6) is -0.207. The molecule has 1 aromatic carbocycles. The third-order valence-electron chi connectivity index (χ3n) is 2.95. The van der Waals surface area contributed by atoms with Crippen LogP contribution in [0.15, 0.2) is 42.9 Å². The number of hydrogen-bond donors (Lipinski definition) is 1. The summed E-state index contributed by atoms with van der Waals surface area (Å²) in [7, 11) is 1.88. The largest absolute Gasteiger partial charge is 0.307 e. The fraction of sp³-hybridized carbons (Fsp3) is 0.143. The topological polar surface area (TPSA) is 37.8 Å². The van der Waals surface area contributed by atoms with Gasteiger partial charge >= 0.3 is 0 Å². The predicted molar refractivity (Wildman–Crippen MR) is 74.7 cm³/mol. The van der Waals surface area contributed by atoms with Crippen molar-refractivity contribution in [2.75, 3.05) is 7.05 Å². The van der Waals surface area contributed by atoms with Gasteiger partial charge in [-0.25, -0.2) is 4.39 Å². The van der Waals surface area contributed by atoms with Gasteiger partial charge in [-0.1, -0.05) is 6.07 Å². The average Bonchev–Trinajstić information content (AvgIpc) is 2.83. The second-order valence-electron chi connectivity index (χ2n) is 4.18. The SMILES string of the molecule is CNC(c1cnccn1)c1cc2ccc(F)cc2s1. The van der Waals surface area contributed by atoms with Gasteiger partial charge in [0.1, 0.15) is 5.82 Å². The van der Waals surface area contributed by atoms with Gasteiger partial charge in [-0.05, 0) is 30.6 Å². The van der Waals surface area contributed by atoms with Gasteiger partial charge in [0.05, 0.1) is 17.9 Å². The molecule has 1 unspecified atom stereocenters. The number of aromatic nitrogens is 2. The Labute approximate surface area is 114 Å². The lowest BCUT2D eigenvalue weighted by Gasteiger charge is -2.12. The number of benzene rings is 1. The first kappa shape index (κ1) is 12.2. The van der Waals surface area contributed by atoms with Crippen molar-refractivity contribution in [1.29, 1.82) is 0 Å². The molecule has 1 atom stereocenters. The summed E-state index contributed by atoms with van der Waals surface area (Å²) in [5, 5.41) is 4.27. The van der Waals surface area contributed by atoms with Gasteiger partial charge in [-0.2, -0.15) is 0 Å². The first-order chi connectivity index (χ1) is 9.28. The molecule has 0 aliphatic carbocycles. The Morgan fingerprint density at radius 2 is 2.16 bits per heavy atom. The highest BCUT2D eigenvalue weighted by Gasteiger charge is 2.16. The van der Waals surface area contributed by atoms with E-state index in [9.17, 15) is 4.39 Å². The first-order valence-corrected chi connectivity index (χ1v) is 6.72. The zero-order valence-corrected chi connectivity index (χ0v) is 11.1. The van der Waals surface area contributed by atoms with Crippen LogP contribution in [0.4, 0.5) is 4.39 Å². The Kier molecular flexibility index (Phi) is 3.23. The van der Waals surface area contributed by atoms with Crippen LogP contribution >= 0.6 is 11.3 Å². The van der Waals surface area contributed by atoms with Crippen LogP contribution in [0, 0.1) is 5.82 Å². The first-order valence-electron chi connectivity index (χ1n) is 5.90. The minimum Gasteiger partial charge on any atom is -0.307 e. The summed E-state index contributed by atoms with van der Waals surface area (Å²) in [6, 6.07) is 6.89. The molecular formula is C14H12FN3S. The van der Waals surface area contributed by atoms with Crippen molar-refractivity contribution in [3.8, 4) is 0 Å². The Hall–Kier alpha value is -1.85. The van der Waals surface area contributed by atoms with E-state index in [0.29, 0.717) is 0 Å². The minimum absolute atomic E-state index is 0.0193. The number of rotatable bonds is 3. The molecule has 0 bridgehead atoms. The van der Waals surface area contributed by atoms with Crippen LogP contribution in [0.3, 0.4) is 0 Å². The Balaban J connectivity index is 2.07. The van der Waals surface area contributed by atoms with Gasteiger partial charge in [0.2, 0.25) is 0 Å². The Morgan fingerprint density at radius 1 is 1.26 bits per heavy atom. The number of nitrogens with zero attached hydrogens (tertiary/aromatic N) is 2. The Morgan fingerprint density at radius 3 is 2.89 bits per heavy atom. The summed E-state index contributed by atoms with van der Waals surface area (Å²) in [6.07, 6.45) is 5.06. The van der Waals surface area contributed by atoms with Crippen molar-refractivity contribution in [3.63, 3.8) is 0 Å². The van der Waals surface area contributed by atoms with Gasteiger partial charge in [0.15, 0.2) is 0 Å². The third-order valence-corrected chi connectivity index (χ3v) is 4.12. The molecule has 0 spiro atoms. The zero-order chi connectivity index (χ0) is 13.2. The standard InChI is InChI=1S/C14H12FN3S/c1-16-14(11-8-17-4-5-18-11)13-6-9-2-3-10(15)7-12(9)19-13/h2-8,14,16H,1H3. The maximum atomic E-state index is 13.2. The molecular weight excluding hydrogens is 261 g/mol. The van der Waals surface area contributed by atoms with Crippen molar-refractivity contribution in [3.05, 3.63) is 59.2 Å². The van der Waals surface area contributed by atoms with Crippen molar-refractivity contribution in [1.82, 2.24) is 15.3 Å². The molecule has 0 aliphatic heterocycles. The highest BCUT2D eigenvalue weighted by molar-refractivity contribution is 7.19. The van der Waals surface area contributed by atoms with Crippen LogP contribution in [-0.4, -0.2) is 17.0 Å². The number of hydrogen-bond acceptors (Lipinski definition) is 4. The summed E-state index contributed by atoms with van der Waals surface area (Å²) < 4.78 is 14.2. The number of nitrogens with one attached hydrogen (secondary N) is 1. The van der Waals surface area contributed by atoms with E-state index in [1.165, 1.54) is 6.07 Å². The molecule has 3 aromatic rings. The fourth-order valence-corrected chi connectivity index (χ4v) is 3.28. The molecule has 19 heavy (non-hydrogen) atoms. The minimum atomic E-state index is -0.207. The fourth-order valence-electron chi connectivity index (χ4n) is 2.06. The molecule has 0 amide bonds. The van der Waals surface area contributed by atoms with Crippen LogP contribution < -0.4 is 5.32 Å². The average molecular weight is 273 g/mol.